The smallest absolute Gasteiger partial charge is 0.408 e. The molecule has 0 aliphatic heterocycles. The molecule has 1 aromatic rings. The molecule has 2 unspecified atom stereocenters. The van der Waals surface area contributed by atoms with Crippen LogP contribution in [0.2, 0.25) is 0 Å². The van der Waals surface area contributed by atoms with E-state index in [0.717, 1.165) is 11.1 Å². The van der Waals surface area contributed by atoms with Crippen LogP contribution in [0, 0.1) is 12.8 Å². The van der Waals surface area contributed by atoms with Gasteiger partial charge in [0.25, 0.3) is 0 Å². The molecule has 2 N–H and O–H groups in total. The second kappa shape index (κ2) is 12.6. The van der Waals surface area contributed by atoms with Crippen molar-refractivity contribution < 1.29 is 19.1 Å². The number of benzene rings is 1. The Labute approximate surface area is 199 Å². The lowest BCUT2D eigenvalue weighted by Crippen LogP contribution is -2.54. The number of alkyl carbamates (subject to hydrolysis) is 1. The lowest BCUT2D eigenvalue weighted by Gasteiger charge is -2.35. The van der Waals surface area contributed by atoms with Gasteiger partial charge < -0.3 is 20.3 Å². The molecule has 0 bridgehead atoms. The lowest BCUT2D eigenvalue weighted by atomic mass is 9.98. The van der Waals surface area contributed by atoms with Crippen molar-refractivity contribution >= 4 is 17.9 Å². The summed E-state index contributed by atoms with van der Waals surface area (Å²) in [5, 5.41) is 5.71. The zero-order chi connectivity index (χ0) is 25.3. The topological polar surface area (TPSA) is 87.7 Å². The molecule has 0 saturated carbocycles. The number of hydrogen-bond donors (Lipinski definition) is 2. The highest BCUT2D eigenvalue weighted by molar-refractivity contribution is 5.92. The van der Waals surface area contributed by atoms with Gasteiger partial charge in [-0.1, -0.05) is 50.6 Å². The van der Waals surface area contributed by atoms with E-state index in [9.17, 15) is 14.4 Å². The first-order chi connectivity index (χ1) is 15.2. The van der Waals surface area contributed by atoms with Gasteiger partial charge in [0.2, 0.25) is 11.8 Å². The van der Waals surface area contributed by atoms with E-state index in [0.29, 0.717) is 19.4 Å². The highest BCUT2D eigenvalue weighted by Gasteiger charge is 2.36. The standard InChI is InChI=1S/C26H43N3O4/c1-10-15-29(22(23(30)27-18(4)5)20-13-11-19(6)12-14-20)24(31)21(16-17(2)3)28-25(32)33-26(7,8)9/h11-14,17-18,21-22H,10,15-16H2,1-9H3,(H,27,30)(H,28,32). The zero-order valence-electron chi connectivity index (χ0n) is 21.8. The number of amides is 3. The summed E-state index contributed by atoms with van der Waals surface area (Å²) >= 11 is 0. The van der Waals surface area contributed by atoms with Gasteiger partial charge in [0, 0.05) is 12.6 Å². The summed E-state index contributed by atoms with van der Waals surface area (Å²) in [6, 6.07) is 5.97. The number of ether oxygens (including phenoxy) is 1. The van der Waals surface area contributed by atoms with Gasteiger partial charge >= 0.3 is 6.09 Å². The lowest BCUT2D eigenvalue weighted by molar-refractivity contribution is -0.143. The van der Waals surface area contributed by atoms with Crippen LogP contribution in [-0.2, 0) is 14.3 Å². The highest BCUT2D eigenvalue weighted by Crippen LogP contribution is 2.25. The van der Waals surface area contributed by atoms with Gasteiger partial charge in [0.1, 0.15) is 17.7 Å². The maximum atomic E-state index is 13.8. The molecule has 3 amide bonds. The van der Waals surface area contributed by atoms with Crippen molar-refractivity contribution in [2.24, 2.45) is 5.92 Å². The van der Waals surface area contributed by atoms with E-state index in [1.807, 2.05) is 65.8 Å². The molecule has 0 heterocycles. The van der Waals surface area contributed by atoms with E-state index in [1.54, 1.807) is 25.7 Å². The predicted octanol–water partition coefficient (Wildman–Crippen LogP) is 4.74. The van der Waals surface area contributed by atoms with Gasteiger partial charge in [-0.3, -0.25) is 9.59 Å². The van der Waals surface area contributed by atoms with Crippen molar-refractivity contribution in [3.63, 3.8) is 0 Å². The maximum Gasteiger partial charge on any atom is 0.408 e. The Bertz CT molecular complexity index is 782. The monoisotopic (exact) mass is 461 g/mol. The first-order valence-electron chi connectivity index (χ1n) is 11.9. The Morgan fingerprint density at radius 2 is 1.58 bits per heavy atom. The van der Waals surface area contributed by atoms with Gasteiger partial charge in [-0.2, -0.15) is 0 Å². The molecule has 0 radical (unpaired) electrons. The van der Waals surface area contributed by atoms with E-state index in [-0.39, 0.29) is 23.8 Å². The fourth-order valence-corrected chi connectivity index (χ4v) is 3.54. The Hall–Kier alpha value is -2.57. The molecule has 2 atom stereocenters. The number of hydrogen-bond acceptors (Lipinski definition) is 4. The number of carbonyl (C=O) groups is 3. The minimum Gasteiger partial charge on any atom is -0.444 e. The second-order valence-electron chi connectivity index (χ2n) is 10.3. The maximum absolute atomic E-state index is 13.8. The molecule has 0 saturated heterocycles. The Kier molecular flexibility index (Phi) is 10.9. The number of nitrogens with zero attached hydrogens (tertiary/aromatic N) is 1. The van der Waals surface area contributed by atoms with Gasteiger partial charge in [0.15, 0.2) is 0 Å². The van der Waals surface area contributed by atoms with Crippen molar-refractivity contribution in [3.05, 3.63) is 35.4 Å². The largest absolute Gasteiger partial charge is 0.444 e. The van der Waals surface area contributed by atoms with Crippen LogP contribution < -0.4 is 10.6 Å². The molecule has 0 spiro atoms. The summed E-state index contributed by atoms with van der Waals surface area (Å²) in [5.74, 6) is -0.378. The SMILES string of the molecule is CCCN(C(=O)C(CC(C)C)NC(=O)OC(C)(C)C)C(C(=O)NC(C)C)c1ccc(C)cc1. The minimum absolute atomic E-state index is 0.0737. The Morgan fingerprint density at radius 1 is 1.00 bits per heavy atom. The van der Waals surface area contributed by atoms with Crippen LogP contribution in [0.25, 0.3) is 0 Å². The zero-order valence-corrected chi connectivity index (χ0v) is 21.8. The molecule has 1 aromatic carbocycles. The van der Waals surface area contributed by atoms with Crippen molar-refractivity contribution in [2.75, 3.05) is 6.54 Å². The van der Waals surface area contributed by atoms with Crippen molar-refractivity contribution in [2.45, 2.75) is 98.9 Å². The normalized spacial score (nSPS) is 13.4. The first-order valence-corrected chi connectivity index (χ1v) is 11.9. The highest BCUT2D eigenvalue weighted by atomic mass is 16.6. The van der Waals surface area contributed by atoms with Crippen LogP contribution in [0.5, 0.6) is 0 Å². The third-order valence-electron chi connectivity index (χ3n) is 4.83. The molecular weight excluding hydrogens is 418 g/mol. The van der Waals surface area contributed by atoms with Gasteiger partial charge in [-0.15, -0.1) is 0 Å². The second-order valence-corrected chi connectivity index (χ2v) is 10.3. The molecular formula is C26H43N3O4. The number of nitrogens with one attached hydrogen (secondary N) is 2. The summed E-state index contributed by atoms with van der Waals surface area (Å²) in [6.07, 6.45) is 0.464. The van der Waals surface area contributed by atoms with Crippen LogP contribution in [0.15, 0.2) is 24.3 Å². The van der Waals surface area contributed by atoms with Crippen molar-refractivity contribution in [1.29, 1.82) is 0 Å². The number of carbonyl (C=O) groups excluding carboxylic acids is 3. The molecule has 7 nitrogen and oxygen atoms in total. The van der Waals surface area contributed by atoms with Gasteiger partial charge in [-0.25, -0.2) is 4.79 Å². The fourth-order valence-electron chi connectivity index (χ4n) is 3.54. The van der Waals surface area contributed by atoms with Gasteiger partial charge in [-0.05, 0) is 65.9 Å². The Morgan fingerprint density at radius 3 is 2.03 bits per heavy atom. The van der Waals surface area contributed by atoms with Crippen molar-refractivity contribution in [3.8, 4) is 0 Å². The summed E-state index contributed by atoms with van der Waals surface area (Å²) in [7, 11) is 0. The third kappa shape index (κ3) is 9.84. The molecule has 33 heavy (non-hydrogen) atoms. The number of aryl methyl sites for hydroxylation is 1. The first kappa shape index (κ1) is 28.5. The molecule has 1 rings (SSSR count). The van der Waals surface area contributed by atoms with Crippen LogP contribution in [0.4, 0.5) is 4.79 Å². The van der Waals surface area contributed by atoms with E-state index >= 15 is 0 Å². The number of rotatable bonds is 10. The van der Waals surface area contributed by atoms with Crippen molar-refractivity contribution in [1.82, 2.24) is 15.5 Å². The molecule has 0 aliphatic carbocycles. The van der Waals surface area contributed by atoms with Crippen LogP contribution in [0.3, 0.4) is 0 Å². The van der Waals surface area contributed by atoms with E-state index in [1.165, 1.54) is 0 Å². The minimum atomic E-state index is -0.800. The van der Waals surface area contributed by atoms with Gasteiger partial charge in [0.05, 0.1) is 0 Å². The van der Waals surface area contributed by atoms with E-state index in [2.05, 4.69) is 10.6 Å². The van der Waals surface area contributed by atoms with E-state index in [4.69, 9.17) is 4.74 Å². The summed E-state index contributed by atoms with van der Waals surface area (Å²) in [4.78, 5) is 41.2. The molecule has 186 valence electrons. The summed E-state index contributed by atoms with van der Waals surface area (Å²) < 4.78 is 5.40. The Balaban J connectivity index is 3.38. The quantitative estimate of drug-likeness (QED) is 0.527. The van der Waals surface area contributed by atoms with Crippen LogP contribution >= 0.6 is 0 Å². The molecule has 0 fully saturated rings. The average Bonchev–Trinajstić information content (AvgIpc) is 2.65. The average molecular weight is 462 g/mol. The summed E-state index contributed by atoms with van der Waals surface area (Å²) in [5.41, 5.74) is 1.13. The third-order valence-corrected chi connectivity index (χ3v) is 4.83. The predicted molar refractivity (Wildman–Crippen MR) is 132 cm³/mol. The van der Waals surface area contributed by atoms with Crippen LogP contribution in [0.1, 0.15) is 85.4 Å². The molecule has 0 aromatic heterocycles. The van der Waals surface area contributed by atoms with E-state index < -0.39 is 23.8 Å². The molecule has 0 aliphatic rings. The fraction of sp³-hybridized carbons (Fsp3) is 0.654. The van der Waals surface area contributed by atoms with Crippen LogP contribution in [-0.4, -0.2) is 47.0 Å². The molecule has 7 heteroatoms. The summed E-state index contributed by atoms with van der Waals surface area (Å²) in [6.45, 7) is 17.4.